The summed E-state index contributed by atoms with van der Waals surface area (Å²) in [5.74, 6) is 1.10. The minimum absolute atomic E-state index is 0.0425. The molecule has 0 saturated heterocycles. The van der Waals surface area contributed by atoms with Crippen molar-refractivity contribution in [1.29, 1.82) is 0 Å². The Labute approximate surface area is 203 Å². The number of amides is 1. The van der Waals surface area contributed by atoms with Crippen LogP contribution in [0.15, 0.2) is 65.8 Å². The molecule has 174 valence electrons. The zero-order chi connectivity index (χ0) is 24.1. The van der Waals surface area contributed by atoms with Gasteiger partial charge in [0.1, 0.15) is 5.82 Å². The number of benzene rings is 3. The summed E-state index contributed by atoms with van der Waals surface area (Å²) < 4.78 is 2.03. The fourth-order valence-electron chi connectivity index (χ4n) is 3.77. The number of carbonyl (C=O) groups is 2. The summed E-state index contributed by atoms with van der Waals surface area (Å²) in [6, 6.07) is 20.1. The Kier molecular flexibility index (Phi) is 7.43. The van der Waals surface area contributed by atoms with Crippen molar-refractivity contribution in [3.8, 4) is 5.69 Å². The van der Waals surface area contributed by atoms with Crippen molar-refractivity contribution in [2.45, 2.75) is 38.8 Å². The Hall–Kier alpha value is -3.45. The van der Waals surface area contributed by atoms with E-state index in [2.05, 4.69) is 47.6 Å². The molecule has 34 heavy (non-hydrogen) atoms. The van der Waals surface area contributed by atoms with Gasteiger partial charge in [0, 0.05) is 31.1 Å². The van der Waals surface area contributed by atoms with Crippen LogP contribution >= 0.6 is 11.8 Å². The lowest BCUT2D eigenvalue weighted by molar-refractivity contribution is -0.118. The van der Waals surface area contributed by atoms with Crippen molar-refractivity contribution >= 4 is 34.2 Å². The summed E-state index contributed by atoms with van der Waals surface area (Å²) in [6.45, 7) is 6.25. The number of fused-ring (bicyclic) bond motifs is 1. The number of aryl methyl sites for hydroxylation is 3. The lowest BCUT2D eigenvalue weighted by Crippen LogP contribution is -2.21. The first-order valence-corrected chi connectivity index (χ1v) is 12.3. The molecule has 0 radical (unpaired) electrons. The second-order valence-corrected chi connectivity index (χ2v) is 9.31. The average molecular weight is 473 g/mol. The first kappa shape index (κ1) is 23.7. The highest BCUT2D eigenvalue weighted by atomic mass is 32.2. The molecule has 7 heteroatoms. The molecule has 0 saturated carbocycles. The molecule has 0 spiro atoms. The zero-order valence-electron chi connectivity index (χ0n) is 19.7. The van der Waals surface area contributed by atoms with Gasteiger partial charge in [-0.3, -0.25) is 14.2 Å². The van der Waals surface area contributed by atoms with E-state index in [1.807, 2.05) is 47.0 Å². The van der Waals surface area contributed by atoms with Crippen molar-refractivity contribution in [3.63, 3.8) is 0 Å². The molecule has 0 atom stereocenters. The quantitative estimate of drug-likeness (QED) is 0.209. The molecule has 1 aromatic heterocycles. The molecule has 6 nitrogen and oxygen atoms in total. The summed E-state index contributed by atoms with van der Waals surface area (Å²) in [5.41, 5.74) is 4.06. The van der Waals surface area contributed by atoms with E-state index in [9.17, 15) is 9.59 Å². The summed E-state index contributed by atoms with van der Waals surface area (Å²) in [4.78, 5) is 24.1. The topological polar surface area (TPSA) is 76.9 Å². The predicted molar refractivity (Wildman–Crippen MR) is 137 cm³/mol. The van der Waals surface area contributed by atoms with Gasteiger partial charge in [0.05, 0.1) is 5.75 Å². The number of aromatic nitrogens is 3. The minimum Gasteiger partial charge on any atom is -0.356 e. The van der Waals surface area contributed by atoms with Gasteiger partial charge < -0.3 is 5.32 Å². The number of nitrogens with zero attached hydrogens (tertiary/aromatic N) is 3. The van der Waals surface area contributed by atoms with Crippen molar-refractivity contribution < 1.29 is 9.59 Å². The number of hydrogen-bond donors (Lipinski definition) is 1. The van der Waals surface area contributed by atoms with Crippen LogP contribution in [0.1, 0.15) is 40.7 Å². The van der Waals surface area contributed by atoms with Gasteiger partial charge in [-0.1, -0.05) is 54.2 Å². The lowest BCUT2D eigenvalue weighted by Gasteiger charge is -2.12. The largest absolute Gasteiger partial charge is 0.356 e. The van der Waals surface area contributed by atoms with E-state index >= 15 is 0 Å². The third kappa shape index (κ3) is 5.54. The molecule has 0 aliphatic carbocycles. The Morgan fingerprint density at radius 2 is 1.74 bits per heavy atom. The highest BCUT2D eigenvalue weighted by molar-refractivity contribution is 7.99. The Morgan fingerprint density at radius 3 is 2.50 bits per heavy atom. The average Bonchev–Trinajstić information content (AvgIpc) is 3.24. The van der Waals surface area contributed by atoms with Crippen LogP contribution in [0.25, 0.3) is 16.5 Å². The van der Waals surface area contributed by atoms with Crippen LogP contribution in [0.5, 0.6) is 0 Å². The first-order valence-electron chi connectivity index (χ1n) is 11.3. The molecule has 0 aliphatic rings. The van der Waals surface area contributed by atoms with Crippen LogP contribution in [0.3, 0.4) is 0 Å². The molecular formula is C27H28N4O2S. The minimum atomic E-state index is -0.0425. The smallest absolute Gasteiger partial charge is 0.216 e. The Morgan fingerprint density at radius 1 is 0.941 bits per heavy atom. The molecule has 0 aliphatic heterocycles. The lowest BCUT2D eigenvalue weighted by atomic mass is 10.1. The van der Waals surface area contributed by atoms with Gasteiger partial charge in [-0.25, -0.2) is 0 Å². The van der Waals surface area contributed by atoms with Gasteiger partial charge >= 0.3 is 0 Å². The van der Waals surface area contributed by atoms with Crippen LogP contribution in [0, 0.1) is 13.8 Å². The maximum absolute atomic E-state index is 13.0. The second-order valence-electron chi connectivity index (χ2n) is 8.36. The van der Waals surface area contributed by atoms with Crippen LogP contribution in [0.4, 0.5) is 0 Å². The van der Waals surface area contributed by atoms with Crippen molar-refractivity contribution in [2.24, 2.45) is 0 Å². The van der Waals surface area contributed by atoms with Gasteiger partial charge in [0.2, 0.25) is 5.91 Å². The zero-order valence-corrected chi connectivity index (χ0v) is 20.5. The van der Waals surface area contributed by atoms with E-state index in [0.717, 1.165) is 28.7 Å². The van der Waals surface area contributed by atoms with Gasteiger partial charge in [0.15, 0.2) is 10.9 Å². The highest BCUT2D eigenvalue weighted by Gasteiger charge is 2.17. The van der Waals surface area contributed by atoms with E-state index in [-0.39, 0.29) is 17.4 Å². The standard InChI is InChI=1S/C27H28N4O2S/c1-18-10-13-24(15-19(18)2)31-26(9-6-14-28-20(3)32)29-30-27(31)34-17-25(33)23-12-11-21-7-4-5-8-22(21)16-23/h4-5,7-8,10-13,15-16H,6,9,14,17H2,1-3H3,(H,28,32). The van der Waals surface area contributed by atoms with Crippen molar-refractivity contribution in [1.82, 2.24) is 20.1 Å². The van der Waals surface area contributed by atoms with Gasteiger partial charge in [-0.2, -0.15) is 0 Å². The number of hydrogen-bond acceptors (Lipinski definition) is 5. The molecule has 4 rings (SSSR count). The molecular weight excluding hydrogens is 444 g/mol. The molecule has 0 bridgehead atoms. The van der Waals surface area contributed by atoms with E-state index < -0.39 is 0 Å². The maximum Gasteiger partial charge on any atom is 0.216 e. The number of nitrogens with one attached hydrogen (secondary N) is 1. The van der Waals surface area contributed by atoms with E-state index in [4.69, 9.17) is 0 Å². The molecule has 1 heterocycles. The second kappa shape index (κ2) is 10.7. The number of carbonyl (C=O) groups excluding carboxylic acids is 2. The summed E-state index contributed by atoms with van der Waals surface area (Å²) in [6.07, 6.45) is 1.42. The molecule has 3 aromatic carbocycles. The van der Waals surface area contributed by atoms with Crippen LogP contribution < -0.4 is 5.32 Å². The van der Waals surface area contributed by atoms with E-state index in [1.165, 1.54) is 29.8 Å². The number of thioether (sulfide) groups is 1. The molecule has 0 unspecified atom stereocenters. The molecule has 1 amide bonds. The number of ketones is 1. The van der Waals surface area contributed by atoms with Crippen LogP contribution in [-0.2, 0) is 11.2 Å². The maximum atomic E-state index is 13.0. The van der Waals surface area contributed by atoms with Crippen LogP contribution in [-0.4, -0.2) is 38.8 Å². The van der Waals surface area contributed by atoms with Crippen molar-refractivity contribution in [3.05, 3.63) is 83.2 Å². The fraction of sp³-hybridized carbons (Fsp3) is 0.259. The van der Waals surface area contributed by atoms with Crippen LogP contribution in [0.2, 0.25) is 0 Å². The Bertz CT molecular complexity index is 1350. The summed E-state index contributed by atoms with van der Waals surface area (Å²) >= 11 is 1.40. The monoisotopic (exact) mass is 472 g/mol. The number of rotatable bonds is 9. The third-order valence-electron chi connectivity index (χ3n) is 5.80. The van der Waals surface area contributed by atoms with E-state index in [0.29, 0.717) is 23.7 Å². The molecule has 4 aromatic rings. The van der Waals surface area contributed by atoms with Crippen molar-refractivity contribution in [2.75, 3.05) is 12.3 Å². The SMILES string of the molecule is CC(=O)NCCCc1nnc(SCC(=O)c2ccc3ccccc3c2)n1-c1ccc(C)c(C)c1. The predicted octanol–water partition coefficient (Wildman–Crippen LogP) is 5.08. The molecule has 0 fully saturated rings. The highest BCUT2D eigenvalue weighted by Crippen LogP contribution is 2.26. The summed E-state index contributed by atoms with van der Waals surface area (Å²) in [5, 5.41) is 14.5. The Balaban J connectivity index is 1.55. The van der Waals surface area contributed by atoms with Gasteiger partial charge in [-0.05, 0) is 60.4 Å². The van der Waals surface area contributed by atoms with Gasteiger partial charge in [-0.15, -0.1) is 10.2 Å². The fourth-order valence-corrected chi connectivity index (χ4v) is 4.63. The van der Waals surface area contributed by atoms with Gasteiger partial charge in [0.25, 0.3) is 0 Å². The normalized spacial score (nSPS) is 11.0. The summed E-state index contributed by atoms with van der Waals surface area (Å²) in [7, 11) is 0. The third-order valence-corrected chi connectivity index (χ3v) is 6.73. The first-order chi connectivity index (χ1) is 16.4. The molecule has 1 N–H and O–H groups in total. The number of Topliss-reactive ketones (excluding diaryl/α,β-unsaturated/α-hetero) is 1. The van der Waals surface area contributed by atoms with E-state index in [1.54, 1.807) is 0 Å².